The van der Waals surface area contributed by atoms with Crippen LogP contribution in [0, 0.1) is 0 Å². The van der Waals surface area contributed by atoms with Crippen molar-refractivity contribution in [2.75, 3.05) is 33.0 Å². The Labute approximate surface area is 149 Å². The standard InChI is InChI=1S/C15H27N5O4S/c1-4-7-18(2)14-11-20(25(22,23)12-14)10-13-9-19(17-16-13)8-5-6-15(21)24-3/h9,14H,4-8,10-12H2,1-3H3. The van der Waals surface area contributed by atoms with Gasteiger partial charge in [-0.1, -0.05) is 12.1 Å². The fourth-order valence-corrected chi connectivity index (χ4v) is 4.69. The van der Waals surface area contributed by atoms with Crippen LogP contribution in [0.2, 0.25) is 0 Å². The minimum absolute atomic E-state index is 0.0139. The van der Waals surface area contributed by atoms with Crippen LogP contribution in [0.1, 0.15) is 31.9 Å². The SMILES string of the molecule is CCCN(C)C1CN(Cc2cn(CCCC(=O)OC)nn2)S(=O)(=O)C1. The molecule has 0 saturated carbocycles. The van der Waals surface area contributed by atoms with E-state index in [1.54, 1.807) is 10.9 Å². The van der Waals surface area contributed by atoms with Gasteiger partial charge >= 0.3 is 5.97 Å². The molecule has 2 rings (SSSR count). The molecule has 2 heterocycles. The molecule has 1 unspecified atom stereocenters. The third-order valence-electron chi connectivity index (χ3n) is 4.33. The molecule has 9 nitrogen and oxygen atoms in total. The van der Waals surface area contributed by atoms with Crippen LogP contribution < -0.4 is 0 Å². The van der Waals surface area contributed by atoms with E-state index in [-0.39, 0.29) is 24.3 Å². The van der Waals surface area contributed by atoms with E-state index >= 15 is 0 Å². The molecular weight excluding hydrogens is 346 g/mol. The quantitative estimate of drug-likeness (QED) is 0.566. The Morgan fingerprint density at radius 2 is 2.24 bits per heavy atom. The van der Waals surface area contributed by atoms with Crippen molar-refractivity contribution in [2.24, 2.45) is 0 Å². The lowest BCUT2D eigenvalue weighted by Gasteiger charge is -2.22. The Bertz CT molecular complexity index is 675. The van der Waals surface area contributed by atoms with Gasteiger partial charge < -0.3 is 9.64 Å². The van der Waals surface area contributed by atoms with Gasteiger partial charge in [-0.15, -0.1) is 5.10 Å². The highest BCUT2D eigenvalue weighted by Crippen LogP contribution is 2.20. The number of nitrogens with zero attached hydrogens (tertiary/aromatic N) is 5. The fraction of sp³-hybridized carbons (Fsp3) is 0.800. The van der Waals surface area contributed by atoms with Gasteiger partial charge in [0.1, 0.15) is 0 Å². The monoisotopic (exact) mass is 373 g/mol. The highest BCUT2D eigenvalue weighted by molar-refractivity contribution is 7.89. The predicted octanol–water partition coefficient (Wildman–Crippen LogP) is 0.0871. The molecule has 1 aliphatic heterocycles. The van der Waals surface area contributed by atoms with Crippen LogP contribution in [0.4, 0.5) is 0 Å². The summed E-state index contributed by atoms with van der Waals surface area (Å²) in [6.45, 7) is 4.21. The van der Waals surface area contributed by atoms with Crippen molar-refractivity contribution in [1.82, 2.24) is 24.2 Å². The number of hydrogen-bond donors (Lipinski definition) is 0. The first-order chi connectivity index (χ1) is 11.9. The van der Waals surface area contributed by atoms with Crippen LogP contribution in [0.25, 0.3) is 0 Å². The number of carbonyl (C=O) groups excluding carboxylic acids is 1. The summed E-state index contributed by atoms with van der Waals surface area (Å²) in [5.74, 6) is -0.109. The van der Waals surface area contributed by atoms with E-state index in [1.807, 2.05) is 7.05 Å². The highest BCUT2D eigenvalue weighted by atomic mass is 32.2. The summed E-state index contributed by atoms with van der Waals surface area (Å²) in [4.78, 5) is 13.2. The number of likely N-dealkylation sites (N-methyl/N-ethyl adjacent to an activating group) is 1. The maximum absolute atomic E-state index is 12.4. The summed E-state index contributed by atoms with van der Waals surface area (Å²) >= 11 is 0. The number of aromatic nitrogens is 3. The second-order valence-corrected chi connectivity index (χ2v) is 8.37. The Balaban J connectivity index is 1.90. The molecular formula is C15H27N5O4S. The maximum Gasteiger partial charge on any atom is 0.305 e. The molecule has 1 atom stereocenters. The molecule has 1 aliphatic rings. The molecule has 0 aromatic carbocycles. The van der Waals surface area contributed by atoms with Crippen LogP contribution in [0.5, 0.6) is 0 Å². The van der Waals surface area contributed by atoms with Crippen LogP contribution in [0.15, 0.2) is 6.20 Å². The first-order valence-corrected chi connectivity index (χ1v) is 10.1. The van der Waals surface area contributed by atoms with Crippen LogP contribution in [-0.2, 0) is 32.6 Å². The van der Waals surface area contributed by atoms with Crippen molar-refractivity contribution >= 4 is 16.0 Å². The van der Waals surface area contributed by atoms with Gasteiger partial charge in [0.25, 0.3) is 0 Å². The number of aryl methyl sites for hydroxylation is 1. The van der Waals surface area contributed by atoms with Crippen LogP contribution in [0.3, 0.4) is 0 Å². The molecule has 142 valence electrons. The Kier molecular flexibility index (Phi) is 6.91. The van der Waals surface area contributed by atoms with Gasteiger partial charge in [0.2, 0.25) is 10.0 Å². The van der Waals surface area contributed by atoms with Gasteiger partial charge in [-0.25, -0.2) is 8.42 Å². The fourth-order valence-electron chi connectivity index (χ4n) is 2.90. The maximum atomic E-state index is 12.4. The lowest BCUT2D eigenvalue weighted by Crippen LogP contribution is -2.36. The zero-order valence-corrected chi connectivity index (χ0v) is 15.9. The van der Waals surface area contributed by atoms with Crippen molar-refractivity contribution in [1.29, 1.82) is 0 Å². The summed E-state index contributed by atoms with van der Waals surface area (Å²) in [5, 5.41) is 8.04. The third-order valence-corrected chi connectivity index (χ3v) is 6.20. The van der Waals surface area contributed by atoms with Crippen LogP contribution in [-0.4, -0.2) is 77.6 Å². The van der Waals surface area contributed by atoms with Crippen molar-refractivity contribution in [2.45, 2.75) is 45.3 Å². The van der Waals surface area contributed by atoms with Gasteiger partial charge in [-0.05, 0) is 26.4 Å². The number of hydrogen-bond acceptors (Lipinski definition) is 7. The summed E-state index contributed by atoms with van der Waals surface area (Å²) in [7, 11) is 0.0551. The number of esters is 1. The minimum Gasteiger partial charge on any atom is -0.469 e. The lowest BCUT2D eigenvalue weighted by molar-refractivity contribution is -0.140. The second-order valence-electron chi connectivity index (χ2n) is 6.36. The molecule has 0 amide bonds. The number of ether oxygens (including phenoxy) is 1. The zero-order valence-electron chi connectivity index (χ0n) is 15.1. The minimum atomic E-state index is -3.27. The first-order valence-electron chi connectivity index (χ1n) is 8.49. The van der Waals surface area contributed by atoms with Gasteiger partial charge in [-0.3, -0.25) is 9.48 Å². The van der Waals surface area contributed by atoms with Crippen molar-refractivity contribution in [3.8, 4) is 0 Å². The normalized spacial score (nSPS) is 20.2. The molecule has 25 heavy (non-hydrogen) atoms. The summed E-state index contributed by atoms with van der Waals surface area (Å²) < 4.78 is 32.4. The van der Waals surface area contributed by atoms with Crippen molar-refractivity contribution < 1.29 is 17.9 Å². The van der Waals surface area contributed by atoms with E-state index in [0.717, 1.165) is 13.0 Å². The molecule has 1 saturated heterocycles. The molecule has 0 radical (unpaired) electrons. The molecule has 1 aromatic heterocycles. The zero-order chi connectivity index (χ0) is 18.4. The Hall–Kier alpha value is -1.52. The van der Waals surface area contributed by atoms with Crippen molar-refractivity contribution in [3.05, 3.63) is 11.9 Å². The van der Waals surface area contributed by atoms with Crippen LogP contribution >= 0.6 is 0 Å². The number of rotatable bonds is 9. The van der Waals surface area contributed by atoms with E-state index in [2.05, 4.69) is 26.9 Å². The lowest BCUT2D eigenvalue weighted by atomic mass is 10.2. The molecule has 1 fully saturated rings. The second kappa shape index (κ2) is 8.72. The largest absolute Gasteiger partial charge is 0.469 e. The summed E-state index contributed by atoms with van der Waals surface area (Å²) in [5.41, 5.74) is 0.612. The topological polar surface area (TPSA) is 97.6 Å². The smallest absolute Gasteiger partial charge is 0.305 e. The Morgan fingerprint density at radius 3 is 2.92 bits per heavy atom. The first kappa shape index (κ1) is 19.8. The summed E-state index contributed by atoms with van der Waals surface area (Å²) in [6, 6.07) is 0.0139. The average Bonchev–Trinajstić information content (AvgIpc) is 3.12. The van der Waals surface area contributed by atoms with E-state index in [4.69, 9.17) is 0 Å². The summed E-state index contributed by atoms with van der Waals surface area (Å²) in [6.07, 6.45) is 3.64. The van der Waals surface area contributed by atoms with E-state index in [9.17, 15) is 13.2 Å². The van der Waals surface area contributed by atoms with E-state index in [1.165, 1.54) is 11.4 Å². The van der Waals surface area contributed by atoms with Gasteiger partial charge in [0, 0.05) is 31.7 Å². The van der Waals surface area contributed by atoms with E-state index < -0.39 is 10.0 Å². The molecule has 0 bridgehead atoms. The molecule has 10 heteroatoms. The average molecular weight is 373 g/mol. The number of methoxy groups -OCH3 is 1. The van der Waals surface area contributed by atoms with Gasteiger partial charge in [0.05, 0.1) is 25.1 Å². The Morgan fingerprint density at radius 1 is 1.48 bits per heavy atom. The molecule has 0 N–H and O–H groups in total. The predicted molar refractivity (Wildman–Crippen MR) is 92.2 cm³/mol. The number of sulfonamides is 1. The molecule has 1 aromatic rings. The number of carbonyl (C=O) groups is 1. The van der Waals surface area contributed by atoms with E-state index in [0.29, 0.717) is 31.6 Å². The molecule has 0 aliphatic carbocycles. The third kappa shape index (κ3) is 5.48. The van der Waals surface area contributed by atoms with Gasteiger partial charge in [0.15, 0.2) is 0 Å². The van der Waals surface area contributed by atoms with Gasteiger partial charge in [-0.2, -0.15) is 4.31 Å². The highest BCUT2D eigenvalue weighted by Gasteiger charge is 2.38. The van der Waals surface area contributed by atoms with Crippen molar-refractivity contribution in [3.63, 3.8) is 0 Å². The molecule has 0 spiro atoms.